The Labute approximate surface area is 99.6 Å². The van der Waals surface area contributed by atoms with E-state index >= 15 is 0 Å². The number of amides is 1. The molecule has 1 aromatic rings. The normalized spacial score (nSPS) is 23.6. The van der Waals surface area contributed by atoms with E-state index in [4.69, 9.17) is 0 Å². The van der Waals surface area contributed by atoms with Gasteiger partial charge >= 0.3 is 0 Å². The minimum absolute atomic E-state index is 0.0499. The first-order chi connectivity index (χ1) is 8.13. The lowest BCUT2D eigenvalue weighted by atomic mass is 10.1. The number of carbonyl (C=O) groups excluding carboxylic acids is 1. The Morgan fingerprint density at radius 1 is 1.53 bits per heavy atom. The quantitative estimate of drug-likeness (QED) is 0.725. The zero-order chi connectivity index (χ0) is 12.3. The predicted octanol–water partition coefficient (Wildman–Crippen LogP) is 0.697. The third-order valence-electron chi connectivity index (χ3n) is 2.68. The van der Waals surface area contributed by atoms with Crippen LogP contribution in [0.5, 0.6) is 0 Å². The van der Waals surface area contributed by atoms with Gasteiger partial charge in [-0.15, -0.1) is 0 Å². The highest BCUT2D eigenvalue weighted by molar-refractivity contribution is 5.78. The Kier molecular flexibility index (Phi) is 3.71. The largest absolute Gasteiger partial charge is 0.339 e. The molecule has 2 rings (SSSR count). The molecular formula is C12H16FN3O. The standard InChI is InChI=1S/C12H16FN3O/c1-8-5-11(16-15-8)14-12(17)7-9-3-2-4-10(13)6-9/h2-4,6,8,11,15-16H,5,7H2,1H3,(H,14,17). The molecule has 0 bridgehead atoms. The molecule has 1 aliphatic rings. The summed E-state index contributed by atoms with van der Waals surface area (Å²) < 4.78 is 12.9. The number of hydrogen-bond acceptors (Lipinski definition) is 3. The summed E-state index contributed by atoms with van der Waals surface area (Å²) in [6.45, 7) is 2.03. The van der Waals surface area contributed by atoms with Gasteiger partial charge in [0.15, 0.2) is 0 Å². The van der Waals surface area contributed by atoms with Crippen LogP contribution < -0.4 is 16.2 Å². The molecule has 1 aromatic carbocycles. The smallest absolute Gasteiger partial charge is 0.225 e. The summed E-state index contributed by atoms with van der Waals surface area (Å²) in [5.74, 6) is -0.423. The lowest BCUT2D eigenvalue weighted by molar-refractivity contribution is -0.121. The van der Waals surface area contributed by atoms with Crippen molar-refractivity contribution in [3.63, 3.8) is 0 Å². The van der Waals surface area contributed by atoms with E-state index in [1.54, 1.807) is 12.1 Å². The second kappa shape index (κ2) is 5.25. The van der Waals surface area contributed by atoms with Crippen molar-refractivity contribution in [1.82, 2.24) is 16.2 Å². The Hall–Kier alpha value is -1.46. The van der Waals surface area contributed by atoms with Crippen molar-refractivity contribution >= 4 is 5.91 Å². The van der Waals surface area contributed by atoms with E-state index in [0.717, 1.165) is 6.42 Å². The fourth-order valence-electron chi connectivity index (χ4n) is 1.89. The van der Waals surface area contributed by atoms with Crippen LogP contribution in [0.25, 0.3) is 0 Å². The summed E-state index contributed by atoms with van der Waals surface area (Å²) in [7, 11) is 0. The summed E-state index contributed by atoms with van der Waals surface area (Å²) in [5, 5.41) is 2.84. The Bertz CT molecular complexity index is 410. The fourth-order valence-corrected chi connectivity index (χ4v) is 1.89. The molecule has 92 valence electrons. The molecule has 1 aliphatic heterocycles. The van der Waals surface area contributed by atoms with Gasteiger partial charge in [-0.3, -0.25) is 10.2 Å². The molecule has 17 heavy (non-hydrogen) atoms. The minimum atomic E-state index is -0.315. The maximum absolute atomic E-state index is 12.9. The van der Waals surface area contributed by atoms with Gasteiger partial charge in [0, 0.05) is 6.04 Å². The number of hydrazine groups is 1. The molecule has 5 heteroatoms. The number of carbonyl (C=O) groups is 1. The first kappa shape index (κ1) is 12.0. The molecule has 2 atom stereocenters. The lowest BCUT2D eigenvalue weighted by Gasteiger charge is -2.11. The zero-order valence-corrected chi connectivity index (χ0v) is 9.66. The third-order valence-corrected chi connectivity index (χ3v) is 2.68. The average Bonchev–Trinajstić information content (AvgIpc) is 2.63. The molecule has 0 spiro atoms. The average molecular weight is 237 g/mol. The molecule has 1 heterocycles. The molecule has 3 N–H and O–H groups in total. The predicted molar refractivity (Wildman–Crippen MR) is 62.4 cm³/mol. The Morgan fingerprint density at radius 3 is 3.00 bits per heavy atom. The van der Waals surface area contributed by atoms with Crippen molar-refractivity contribution in [2.45, 2.75) is 32.0 Å². The Morgan fingerprint density at radius 2 is 2.35 bits per heavy atom. The molecular weight excluding hydrogens is 221 g/mol. The number of halogens is 1. The van der Waals surface area contributed by atoms with Gasteiger partial charge in [0.25, 0.3) is 0 Å². The first-order valence-corrected chi connectivity index (χ1v) is 5.68. The zero-order valence-electron chi connectivity index (χ0n) is 9.66. The highest BCUT2D eigenvalue weighted by atomic mass is 19.1. The van der Waals surface area contributed by atoms with Crippen LogP contribution in [0.3, 0.4) is 0 Å². The van der Waals surface area contributed by atoms with Gasteiger partial charge in [0.1, 0.15) is 5.82 Å². The number of benzene rings is 1. The molecule has 1 saturated heterocycles. The van der Waals surface area contributed by atoms with Crippen LogP contribution in [0.2, 0.25) is 0 Å². The van der Waals surface area contributed by atoms with Crippen molar-refractivity contribution < 1.29 is 9.18 Å². The summed E-state index contributed by atoms with van der Waals surface area (Å²) >= 11 is 0. The van der Waals surface area contributed by atoms with Crippen molar-refractivity contribution in [3.8, 4) is 0 Å². The molecule has 1 amide bonds. The summed E-state index contributed by atoms with van der Waals surface area (Å²) in [6, 6.07) is 6.43. The van der Waals surface area contributed by atoms with Gasteiger partial charge in [-0.1, -0.05) is 12.1 Å². The molecule has 1 fully saturated rings. The van der Waals surface area contributed by atoms with Crippen molar-refractivity contribution in [1.29, 1.82) is 0 Å². The van der Waals surface area contributed by atoms with E-state index < -0.39 is 0 Å². The van der Waals surface area contributed by atoms with Crippen LogP contribution in [0, 0.1) is 5.82 Å². The van der Waals surface area contributed by atoms with Crippen molar-refractivity contribution in [3.05, 3.63) is 35.6 Å². The van der Waals surface area contributed by atoms with Gasteiger partial charge in [0.2, 0.25) is 5.91 Å². The molecule has 0 saturated carbocycles. The number of rotatable bonds is 3. The van der Waals surface area contributed by atoms with Gasteiger partial charge < -0.3 is 5.32 Å². The summed E-state index contributed by atoms with van der Waals surface area (Å²) in [5.41, 5.74) is 6.68. The second-order valence-corrected chi connectivity index (χ2v) is 4.35. The highest BCUT2D eigenvalue weighted by Gasteiger charge is 2.21. The van der Waals surface area contributed by atoms with E-state index in [-0.39, 0.29) is 24.3 Å². The van der Waals surface area contributed by atoms with Crippen LogP contribution in [0.15, 0.2) is 24.3 Å². The maximum atomic E-state index is 12.9. The minimum Gasteiger partial charge on any atom is -0.339 e. The van der Waals surface area contributed by atoms with E-state index in [1.807, 2.05) is 6.92 Å². The van der Waals surface area contributed by atoms with Gasteiger partial charge in [-0.25, -0.2) is 9.82 Å². The SMILES string of the molecule is CC1CC(NC(=O)Cc2cccc(F)c2)NN1. The van der Waals surface area contributed by atoms with Crippen LogP contribution in [0.1, 0.15) is 18.9 Å². The monoisotopic (exact) mass is 237 g/mol. The number of hydrogen-bond donors (Lipinski definition) is 3. The van der Waals surface area contributed by atoms with Gasteiger partial charge in [-0.05, 0) is 31.0 Å². The van der Waals surface area contributed by atoms with E-state index in [1.165, 1.54) is 12.1 Å². The summed E-state index contributed by atoms with van der Waals surface area (Å²) in [4.78, 5) is 11.7. The van der Waals surface area contributed by atoms with E-state index in [2.05, 4.69) is 16.2 Å². The second-order valence-electron chi connectivity index (χ2n) is 4.35. The van der Waals surface area contributed by atoms with E-state index in [0.29, 0.717) is 11.6 Å². The lowest BCUT2D eigenvalue weighted by Crippen LogP contribution is -2.44. The summed E-state index contributed by atoms with van der Waals surface area (Å²) in [6.07, 6.45) is 0.991. The van der Waals surface area contributed by atoms with Crippen molar-refractivity contribution in [2.24, 2.45) is 0 Å². The van der Waals surface area contributed by atoms with Crippen LogP contribution in [-0.2, 0) is 11.2 Å². The molecule has 0 aliphatic carbocycles. The molecule has 0 aromatic heterocycles. The van der Waals surface area contributed by atoms with Crippen LogP contribution in [-0.4, -0.2) is 18.1 Å². The van der Waals surface area contributed by atoms with Gasteiger partial charge in [0.05, 0.1) is 12.6 Å². The van der Waals surface area contributed by atoms with E-state index in [9.17, 15) is 9.18 Å². The first-order valence-electron chi connectivity index (χ1n) is 5.68. The van der Waals surface area contributed by atoms with Crippen LogP contribution >= 0.6 is 0 Å². The molecule has 0 radical (unpaired) electrons. The molecule has 2 unspecified atom stereocenters. The highest BCUT2D eigenvalue weighted by Crippen LogP contribution is 2.05. The number of nitrogens with one attached hydrogen (secondary N) is 3. The topological polar surface area (TPSA) is 53.2 Å². The van der Waals surface area contributed by atoms with Crippen molar-refractivity contribution in [2.75, 3.05) is 0 Å². The maximum Gasteiger partial charge on any atom is 0.225 e. The van der Waals surface area contributed by atoms with Crippen LogP contribution in [0.4, 0.5) is 4.39 Å². The Balaban J connectivity index is 1.85. The fraction of sp³-hybridized carbons (Fsp3) is 0.417. The third kappa shape index (κ3) is 3.51. The van der Waals surface area contributed by atoms with Gasteiger partial charge in [-0.2, -0.15) is 0 Å². The molecule has 4 nitrogen and oxygen atoms in total.